The fourth-order valence-corrected chi connectivity index (χ4v) is 2.61. The summed E-state index contributed by atoms with van der Waals surface area (Å²) in [7, 11) is 3.18. The molecule has 1 aromatic carbocycles. The van der Waals surface area contributed by atoms with Crippen molar-refractivity contribution >= 4 is 11.8 Å². The van der Waals surface area contributed by atoms with Crippen LogP contribution in [0.5, 0.6) is 5.75 Å². The molecule has 0 atom stereocenters. The van der Waals surface area contributed by atoms with Gasteiger partial charge in [0.25, 0.3) is 11.8 Å². The summed E-state index contributed by atoms with van der Waals surface area (Å²) in [5.74, 6) is -1.63. The van der Waals surface area contributed by atoms with Gasteiger partial charge in [-0.1, -0.05) is 12.1 Å². The van der Waals surface area contributed by atoms with Crippen LogP contribution in [0, 0.1) is 5.82 Å². The predicted octanol–water partition coefficient (Wildman–Crippen LogP) is 1.09. The van der Waals surface area contributed by atoms with E-state index in [1.165, 1.54) is 26.6 Å². The Kier molecular flexibility index (Phi) is 3.96. The Morgan fingerprint density at radius 1 is 1.33 bits per heavy atom. The zero-order valence-corrected chi connectivity index (χ0v) is 13.4. The summed E-state index contributed by atoms with van der Waals surface area (Å²) in [6.45, 7) is 1.11. The number of hydrogen-bond acceptors (Lipinski definition) is 4. The first-order valence-corrected chi connectivity index (χ1v) is 7.43. The molecule has 0 spiro atoms. The van der Waals surface area contributed by atoms with Crippen LogP contribution in [0.25, 0.3) is 0 Å². The fraction of sp³-hybridized carbons (Fsp3) is 0.312. The van der Waals surface area contributed by atoms with Crippen molar-refractivity contribution in [3.8, 4) is 5.75 Å². The van der Waals surface area contributed by atoms with Crippen molar-refractivity contribution in [3.63, 3.8) is 0 Å². The van der Waals surface area contributed by atoms with Gasteiger partial charge in [0.2, 0.25) is 0 Å². The van der Waals surface area contributed by atoms with E-state index in [0.29, 0.717) is 13.1 Å². The normalized spacial score (nSPS) is 13.8. The summed E-state index contributed by atoms with van der Waals surface area (Å²) in [4.78, 5) is 27.5. The zero-order chi connectivity index (χ0) is 17.4. The van der Waals surface area contributed by atoms with Crippen molar-refractivity contribution in [2.24, 2.45) is 0 Å². The fourth-order valence-electron chi connectivity index (χ4n) is 2.61. The van der Waals surface area contributed by atoms with Crippen LogP contribution in [0.2, 0.25) is 0 Å². The van der Waals surface area contributed by atoms with E-state index in [4.69, 9.17) is 0 Å². The average Bonchev–Trinajstić information content (AvgIpc) is 2.90. The second-order valence-corrected chi connectivity index (χ2v) is 5.78. The molecule has 3 rings (SSSR count). The van der Waals surface area contributed by atoms with Crippen LogP contribution in [0.1, 0.15) is 26.5 Å². The SMILES string of the molecule is CN(Cc1ccc(F)cc1)C(=O)c1nn2c(c1O)C(=O)N(C)CC2. The molecule has 0 unspecified atom stereocenters. The number of aromatic hydroxyl groups is 1. The van der Waals surface area contributed by atoms with E-state index in [9.17, 15) is 19.1 Å². The maximum absolute atomic E-state index is 12.9. The number of fused-ring (bicyclic) bond motifs is 1. The van der Waals surface area contributed by atoms with Crippen LogP contribution in [-0.2, 0) is 13.1 Å². The molecule has 1 aliphatic heterocycles. The lowest BCUT2D eigenvalue weighted by atomic mass is 10.2. The zero-order valence-electron chi connectivity index (χ0n) is 13.4. The highest BCUT2D eigenvalue weighted by Gasteiger charge is 2.32. The molecular weight excluding hydrogens is 315 g/mol. The summed E-state index contributed by atoms with van der Waals surface area (Å²) in [6.07, 6.45) is 0. The van der Waals surface area contributed by atoms with E-state index >= 15 is 0 Å². The van der Waals surface area contributed by atoms with E-state index in [-0.39, 0.29) is 29.7 Å². The highest BCUT2D eigenvalue weighted by Crippen LogP contribution is 2.27. The number of amides is 2. The largest absolute Gasteiger partial charge is 0.504 e. The van der Waals surface area contributed by atoms with Gasteiger partial charge in [0, 0.05) is 27.2 Å². The van der Waals surface area contributed by atoms with Crippen LogP contribution < -0.4 is 0 Å². The molecular formula is C16H17FN4O3. The lowest BCUT2D eigenvalue weighted by molar-refractivity contribution is 0.0736. The van der Waals surface area contributed by atoms with Crippen molar-refractivity contribution in [2.75, 3.05) is 20.6 Å². The number of aromatic nitrogens is 2. The number of carbonyl (C=O) groups excluding carboxylic acids is 2. The lowest BCUT2D eigenvalue weighted by Gasteiger charge is -2.22. The number of likely N-dealkylation sites (N-methyl/N-ethyl adjacent to an activating group) is 1. The maximum atomic E-state index is 12.9. The smallest absolute Gasteiger partial charge is 0.278 e. The van der Waals surface area contributed by atoms with Crippen LogP contribution in [-0.4, -0.2) is 57.1 Å². The van der Waals surface area contributed by atoms with E-state index in [0.717, 1.165) is 5.56 Å². The van der Waals surface area contributed by atoms with Crippen LogP contribution in [0.3, 0.4) is 0 Å². The Morgan fingerprint density at radius 2 is 2.00 bits per heavy atom. The number of halogens is 1. The highest BCUT2D eigenvalue weighted by molar-refractivity contribution is 6.02. The molecule has 0 radical (unpaired) electrons. The quantitative estimate of drug-likeness (QED) is 0.912. The number of hydrogen-bond donors (Lipinski definition) is 1. The Hall–Kier alpha value is -2.90. The Bertz CT molecular complexity index is 800. The number of carbonyl (C=O) groups is 2. The van der Waals surface area contributed by atoms with Gasteiger partial charge >= 0.3 is 0 Å². The molecule has 126 valence electrons. The predicted molar refractivity (Wildman–Crippen MR) is 83.0 cm³/mol. The molecule has 0 saturated heterocycles. The first-order chi connectivity index (χ1) is 11.4. The van der Waals surface area contributed by atoms with Crippen LogP contribution >= 0.6 is 0 Å². The van der Waals surface area contributed by atoms with E-state index in [1.807, 2.05) is 0 Å². The molecule has 2 heterocycles. The molecule has 7 nitrogen and oxygen atoms in total. The number of rotatable bonds is 3. The summed E-state index contributed by atoms with van der Waals surface area (Å²) < 4.78 is 14.3. The molecule has 0 bridgehead atoms. The lowest BCUT2D eigenvalue weighted by Crippen LogP contribution is -2.37. The number of nitrogens with zero attached hydrogens (tertiary/aromatic N) is 4. The third-order valence-electron chi connectivity index (χ3n) is 4.01. The van der Waals surface area contributed by atoms with E-state index < -0.39 is 11.7 Å². The third kappa shape index (κ3) is 2.70. The van der Waals surface area contributed by atoms with Gasteiger partial charge < -0.3 is 14.9 Å². The molecule has 1 N–H and O–H groups in total. The minimum Gasteiger partial charge on any atom is -0.504 e. The van der Waals surface area contributed by atoms with Crippen molar-refractivity contribution in [1.29, 1.82) is 0 Å². The first kappa shape index (κ1) is 16.0. The topological polar surface area (TPSA) is 78.7 Å². The maximum Gasteiger partial charge on any atom is 0.278 e. The van der Waals surface area contributed by atoms with Crippen molar-refractivity contribution < 1.29 is 19.1 Å². The van der Waals surface area contributed by atoms with Gasteiger partial charge in [0.1, 0.15) is 5.82 Å². The van der Waals surface area contributed by atoms with E-state index in [2.05, 4.69) is 5.10 Å². The Morgan fingerprint density at radius 3 is 2.67 bits per heavy atom. The molecule has 0 fully saturated rings. The van der Waals surface area contributed by atoms with Crippen molar-refractivity contribution in [2.45, 2.75) is 13.1 Å². The van der Waals surface area contributed by atoms with Crippen molar-refractivity contribution in [3.05, 3.63) is 47.0 Å². The summed E-state index contributed by atoms with van der Waals surface area (Å²) in [5.41, 5.74) is 0.618. The van der Waals surface area contributed by atoms with Crippen molar-refractivity contribution in [1.82, 2.24) is 19.6 Å². The molecule has 1 aliphatic rings. The Balaban J connectivity index is 1.84. The van der Waals surface area contributed by atoms with Gasteiger partial charge in [-0.15, -0.1) is 0 Å². The molecule has 8 heteroatoms. The minimum absolute atomic E-state index is 0.0299. The van der Waals surface area contributed by atoms with Gasteiger partial charge in [-0.25, -0.2) is 4.39 Å². The Labute approximate surface area is 137 Å². The minimum atomic E-state index is -0.505. The first-order valence-electron chi connectivity index (χ1n) is 7.43. The van der Waals surface area contributed by atoms with Gasteiger partial charge in [-0.05, 0) is 17.7 Å². The average molecular weight is 332 g/mol. The standard InChI is InChI=1S/C16H17FN4O3/c1-19-7-8-21-13(16(19)24)14(22)12(18-21)15(23)20(2)9-10-3-5-11(17)6-4-10/h3-6,22H,7-9H2,1-2H3. The molecule has 2 aromatic rings. The van der Waals surface area contributed by atoms with Gasteiger partial charge in [-0.3, -0.25) is 14.3 Å². The van der Waals surface area contributed by atoms with E-state index in [1.54, 1.807) is 26.2 Å². The summed E-state index contributed by atoms with van der Waals surface area (Å²) >= 11 is 0. The number of benzene rings is 1. The monoisotopic (exact) mass is 332 g/mol. The summed E-state index contributed by atoms with van der Waals surface area (Å²) in [6, 6.07) is 5.79. The van der Waals surface area contributed by atoms with Crippen LogP contribution in [0.15, 0.2) is 24.3 Å². The summed E-state index contributed by atoms with van der Waals surface area (Å²) in [5, 5.41) is 14.3. The molecule has 0 saturated carbocycles. The molecule has 0 aliphatic carbocycles. The molecule has 1 aromatic heterocycles. The second kappa shape index (κ2) is 5.95. The molecule has 2 amide bonds. The van der Waals surface area contributed by atoms with Gasteiger partial charge in [-0.2, -0.15) is 5.10 Å². The van der Waals surface area contributed by atoms with Gasteiger partial charge in [0.15, 0.2) is 17.1 Å². The molecule has 24 heavy (non-hydrogen) atoms. The highest BCUT2D eigenvalue weighted by atomic mass is 19.1. The second-order valence-electron chi connectivity index (χ2n) is 5.78. The van der Waals surface area contributed by atoms with Gasteiger partial charge in [0.05, 0.1) is 6.54 Å². The van der Waals surface area contributed by atoms with Crippen LogP contribution in [0.4, 0.5) is 4.39 Å². The third-order valence-corrected chi connectivity index (χ3v) is 4.01.